The van der Waals surface area contributed by atoms with E-state index in [9.17, 15) is 29.8 Å². The molecule has 0 aliphatic carbocycles. The number of ether oxygens (including phenoxy) is 2. The molecule has 0 amide bonds. The summed E-state index contributed by atoms with van der Waals surface area (Å²) in [4.78, 5) is 10.2. The Kier molecular flexibility index (Phi) is 5.14. The number of para-hydroxylation sites is 1. The minimum atomic E-state index is -1.66. The molecule has 0 spiro atoms. The van der Waals surface area contributed by atoms with Gasteiger partial charge in [-0.05, 0) is 12.1 Å². The van der Waals surface area contributed by atoms with E-state index in [0.29, 0.717) is 0 Å². The van der Waals surface area contributed by atoms with Gasteiger partial charge in [-0.25, -0.2) is 4.39 Å². The summed E-state index contributed by atoms with van der Waals surface area (Å²) in [6.07, 6.45) is -7.81. The van der Waals surface area contributed by atoms with Crippen molar-refractivity contribution in [3.05, 3.63) is 33.3 Å². The van der Waals surface area contributed by atoms with E-state index in [1.165, 1.54) is 18.2 Å². The third-order valence-corrected chi connectivity index (χ3v) is 3.47. The van der Waals surface area contributed by atoms with Crippen molar-refractivity contribution in [2.45, 2.75) is 30.7 Å². The van der Waals surface area contributed by atoms with Gasteiger partial charge in [-0.15, -0.1) is 0 Å². The van der Waals surface area contributed by atoms with Crippen LogP contribution in [-0.4, -0.2) is 57.6 Å². The first kappa shape index (κ1) is 16.8. The normalized spacial score (nSPS) is 29.3. The molecule has 5 atom stereocenters. The maximum absolute atomic E-state index is 12.4. The lowest BCUT2D eigenvalue weighted by Crippen LogP contribution is -2.40. The lowest BCUT2D eigenvalue weighted by molar-refractivity contribution is -0.386. The summed E-state index contributed by atoms with van der Waals surface area (Å²) in [5.74, 6) is -0.288. The fraction of sp³-hybridized carbons (Fsp3) is 0.500. The summed E-state index contributed by atoms with van der Waals surface area (Å²) < 4.78 is 22.6. The van der Waals surface area contributed by atoms with Crippen LogP contribution in [0.3, 0.4) is 0 Å². The predicted octanol–water partition coefficient (Wildman–Crippen LogP) is 0.404. The highest BCUT2D eigenvalue weighted by atomic mass is 35.5. The first-order chi connectivity index (χ1) is 10.4. The molecule has 1 aliphatic heterocycles. The number of nitro benzene ring substituents is 1. The Balaban J connectivity index is 2.22. The molecule has 2 rings (SSSR count). The molecule has 1 unspecified atom stereocenters. The molecule has 0 bridgehead atoms. The van der Waals surface area contributed by atoms with E-state index >= 15 is 0 Å². The molecule has 1 aromatic rings. The lowest BCUT2D eigenvalue weighted by atomic mass is 10.1. The topological polar surface area (TPSA) is 122 Å². The lowest BCUT2D eigenvalue weighted by Gasteiger charge is -2.18. The van der Waals surface area contributed by atoms with Crippen LogP contribution in [0.5, 0.6) is 5.75 Å². The van der Waals surface area contributed by atoms with Gasteiger partial charge in [-0.3, -0.25) is 10.1 Å². The van der Waals surface area contributed by atoms with E-state index in [2.05, 4.69) is 0 Å². The number of aliphatic hydroxyl groups is 3. The van der Waals surface area contributed by atoms with Crippen LogP contribution in [-0.2, 0) is 4.74 Å². The summed E-state index contributed by atoms with van der Waals surface area (Å²) in [7, 11) is 0. The summed E-state index contributed by atoms with van der Waals surface area (Å²) >= 11 is 5.71. The van der Waals surface area contributed by atoms with Gasteiger partial charge in [0.15, 0.2) is 0 Å². The molecule has 0 aromatic heterocycles. The van der Waals surface area contributed by atoms with Crippen molar-refractivity contribution < 1.29 is 34.1 Å². The average molecular weight is 338 g/mol. The smallest absolute Gasteiger partial charge is 0.329 e. The van der Waals surface area contributed by atoms with Crippen LogP contribution >= 0.6 is 11.6 Å². The summed E-state index contributed by atoms with van der Waals surface area (Å²) in [6, 6.07) is 3.89. The number of hydrogen-bond donors (Lipinski definition) is 3. The SMILES string of the molecule is O=[N+]([O-])c1c(Cl)cccc1OC1O[C@@H]([C@H](O)CF)[C@H](O)[C@H]1O. The quantitative estimate of drug-likeness (QED) is 0.525. The monoisotopic (exact) mass is 337 g/mol. The van der Waals surface area contributed by atoms with Gasteiger partial charge in [0.1, 0.15) is 36.1 Å². The zero-order valence-corrected chi connectivity index (χ0v) is 11.8. The highest BCUT2D eigenvalue weighted by molar-refractivity contribution is 6.32. The Morgan fingerprint density at radius 3 is 2.73 bits per heavy atom. The molecular formula is C12H13ClFNO7. The van der Waals surface area contributed by atoms with Crippen LogP contribution in [0.25, 0.3) is 0 Å². The van der Waals surface area contributed by atoms with Gasteiger partial charge in [-0.2, -0.15) is 0 Å². The van der Waals surface area contributed by atoms with Crippen molar-refractivity contribution >= 4 is 17.3 Å². The van der Waals surface area contributed by atoms with E-state index in [-0.39, 0.29) is 10.8 Å². The molecule has 122 valence electrons. The molecule has 3 N–H and O–H groups in total. The Bertz CT molecular complexity index is 560. The van der Waals surface area contributed by atoms with Gasteiger partial charge in [-0.1, -0.05) is 17.7 Å². The Morgan fingerprint density at radius 2 is 2.14 bits per heavy atom. The predicted molar refractivity (Wildman–Crippen MR) is 71.4 cm³/mol. The van der Waals surface area contributed by atoms with E-state index < -0.39 is 48.0 Å². The highest BCUT2D eigenvalue weighted by Crippen LogP contribution is 2.36. The van der Waals surface area contributed by atoms with Crippen molar-refractivity contribution in [1.82, 2.24) is 0 Å². The second-order valence-corrected chi connectivity index (χ2v) is 5.04. The van der Waals surface area contributed by atoms with Crippen molar-refractivity contribution in [2.75, 3.05) is 6.67 Å². The van der Waals surface area contributed by atoms with E-state index in [4.69, 9.17) is 21.1 Å². The number of hydrogen-bond acceptors (Lipinski definition) is 7. The Labute approximate surface area is 128 Å². The van der Waals surface area contributed by atoms with Gasteiger partial charge in [0.05, 0.1) is 4.92 Å². The largest absolute Gasteiger partial charge is 0.455 e. The fourth-order valence-electron chi connectivity index (χ4n) is 2.07. The molecule has 22 heavy (non-hydrogen) atoms. The van der Waals surface area contributed by atoms with Crippen LogP contribution in [0.1, 0.15) is 0 Å². The minimum Gasteiger partial charge on any atom is -0.455 e. The molecule has 8 nitrogen and oxygen atoms in total. The number of halogens is 2. The molecule has 1 aliphatic rings. The van der Waals surface area contributed by atoms with Gasteiger partial charge in [0.25, 0.3) is 0 Å². The first-order valence-corrected chi connectivity index (χ1v) is 6.59. The number of aliphatic hydroxyl groups excluding tert-OH is 3. The molecule has 0 saturated carbocycles. The number of benzene rings is 1. The first-order valence-electron chi connectivity index (χ1n) is 6.22. The zero-order chi connectivity index (χ0) is 16.4. The molecule has 0 radical (unpaired) electrons. The van der Waals surface area contributed by atoms with Crippen LogP contribution in [0.4, 0.5) is 10.1 Å². The minimum absolute atomic E-state index is 0.184. The van der Waals surface area contributed by atoms with Gasteiger partial charge >= 0.3 is 5.69 Å². The van der Waals surface area contributed by atoms with Gasteiger partial charge < -0.3 is 24.8 Å². The van der Waals surface area contributed by atoms with Crippen LogP contribution in [0.2, 0.25) is 5.02 Å². The standard InChI is InChI=1S/C12H13ClFNO7/c13-5-2-1-3-7(8(5)15(19)20)21-12-10(18)9(17)11(22-12)6(16)4-14/h1-3,6,9-12,16-18H,4H2/t6-,9-,10-,11+,12?/m1/s1. The number of rotatable bonds is 5. The van der Waals surface area contributed by atoms with Crippen LogP contribution < -0.4 is 4.74 Å². The maximum atomic E-state index is 12.4. The van der Waals surface area contributed by atoms with Gasteiger partial charge in [0, 0.05) is 0 Å². The van der Waals surface area contributed by atoms with Crippen molar-refractivity contribution in [3.63, 3.8) is 0 Å². The van der Waals surface area contributed by atoms with E-state index in [1.807, 2.05) is 0 Å². The average Bonchev–Trinajstić information content (AvgIpc) is 2.74. The zero-order valence-electron chi connectivity index (χ0n) is 11.0. The number of nitrogens with zero attached hydrogens (tertiary/aromatic N) is 1. The number of nitro groups is 1. The van der Waals surface area contributed by atoms with Gasteiger partial charge in [0.2, 0.25) is 12.0 Å². The third kappa shape index (κ3) is 3.13. The maximum Gasteiger partial charge on any atom is 0.329 e. The van der Waals surface area contributed by atoms with Crippen molar-refractivity contribution in [2.24, 2.45) is 0 Å². The molecule has 1 fully saturated rings. The molecule has 1 saturated heterocycles. The highest BCUT2D eigenvalue weighted by Gasteiger charge is 2.48. The van der Waals surface area contributed by atoms with Crippen molar-refractivity contribution in [3.8, 4) is 5.75 Å². The van der Waals surface area contributed by atoms with Crippen LogP contribution in [0, 0.1) is 10.1 Å². The summed E-state index contributed by atoms with van der Waals surface area (Å²) in [5, 5.41) is 39.7. The Hall–Kier alpha value is -1.52. The van der Waals surface area contributed by atoms with Crippen LogP contribution in [0.15, 0.2) is 18.2 Å². The fourth-order valence-corrected chi connectivity index (χ4v) is 2.30. The molecule has 1 heterocycles. The van der Waals surface area contributed by atoms with E-state index in [1.54, 1.807) is 0 Å². The molecular weight excluding hydrogens is 325 g/mol. The summed E-state index contributed by atoms with van der Waals surface area (Å²) in [5.41, 5.74) is -0.538. The van der Waals surface area contributed by atoms with E-state index in [0.717, 1.165) is 0 Å². The molecule has 1 aromatic carbocycles. The second kappa shape index (κ2) is 6.71. The number of alkyl halides is 1. The summed E-state index contributed by atoms with van der Waals surface area (Å²) in [6.45, 7) is -1.20. The Morgan fingerprint density at radius 1 is 1.45 bits per heavy atom. The molecule has 10 heteroatoms. The third-order valence-electron chi connectivity index (χ3n) is 3.17. The van der Waals surface area contributed by atoms with Crippen molar-refractivity contribution in [1.29, 1.82) is 0 Å². The second-order valence-electron chi connectivity index (χ2n) is 4.63.